The molecular weight excluding hydrogens is 366 g/mol. The van der Waals surface area contributed by atoms with E-state index in [0.29, 0.717) is 29.5 Å². The lowest BCUT2D eigenvalue weighted by Crippen LogP contribution is -2.42. The maximum absolute atomic E-state index is 12.8. The fourth-order valence-corrected chi connectivity index (χ4v) is 3.53. The van der Waals surface area contributed by atoms with Gasteiger partial charge in [0, 0.05) is 24.5 Å². The van der Waals surface area contributed by atoms with Crippen LogP contribution in [-0.4, -0.2) is 43.0 Å². The number of benzene rings is 2. The molecule has 29 heavy (non-hydrogen) atoms. The van der Waals surface area contributed by atoms with E-state index in [-0.39, 0.29) is 18.4 Å². The number of hydrogen-bond acceptors (Lipinski definition) is 4. The van der Waals surface area contributed by atoms with Crippen LogP contribution in [0.1, 0.15) is 37.0 Å². The zero-order chi connectivity index (χ0) is 20.6. The summed E-state index contributed by atoms with van der Waals surface area (Å²) < 4.78 is 5.42. The van der Waals surface area contributed by atoms with Crippen molar-refractivity contribution >= 4 is 23.2 Å². The maximum Gasteiger partial charge on any atom is 0.257 e. The Bertz CT molecular complexity index is 836. The second-order valence-corrected chi connectivity index (χ2v) is 7.40. The predicted octanol–water partition coefficient (Wildman–Crippen LogP) is 4.01. The molecule has 2 N–H and O–H groups in total. The molecule has 1 heterocycles. The number of carbonyl (C=O) groups excluding carboxylic acids is 2. The average molecular weight is 396 g/mol. The van der Waals surface area contributed by atoms with Gasteiger partial charge in [-0.1, -0.05) is 19.1 Å². The summed E-state index contributed by atoms with van der Waals surface area (Å²) in [4.78, 5) is 27.2. The van der Waals surface area contributed by atoms with Crippen LogP contribution in [0.15, 0.2) is 48.5 Å². The topological polar surface area (TPSA) is 70.7 Å². The van der Waals surface area contributed by atoms with Gasteiger partial charge in [0.1, 0.15) is 5.75 Å². The first kappa shape index (κ1) is 20.7. The van der Waals surface area contributed by atoms with Crippen LogP contribution >= 0.6 is 0 Å². The van der Waals surface area contributed by atoms with Crippen LogP contribution in [0.5, 0.6) is 5.75 Å². The molecule has 1 unspecified atom stereocenters. The Balaban J connectivity index is 1.61. The molecule has 6 heteroatoms. The van der Waals surface area contributed by atoms with Gasteiger partial charge in [0.2, 0.25) is 5.91 Å². The molecule has 1 aliphatic heterocycles. The minimum Gasteiger partial charge on any atom is -0.494 e. The van der Waals surface area contributed by atoms with E-state index in [9.17, 15) is 9.59 Å². The molecule has 2 amide bonds. The second kappa shape index (κ2) is 9.96. The molecule has 1 fully saturated rings. The summed E-state index contributed by atoms with van der Waals surface area (Å²) in [5, 5.41) is 6.04. The van der Waals surface area contributed by atoms with Gasteiger partial charge in [0.05, 0.1) is 18.7 Å². The Morgan fingerprint density at radius 2 is 1.90 bits per heavy atom. The van der Waals surface area contributed by atoms with E-state index in [4.69, 9.17) is 4.74 Å². The summed E-state index contributed by atoms with van der Waals surface area (Å²) in [7, 11) is 0. The van der Waals surface area contributed by atoms with Crippen LogP contribution in [0.3, 0.4) is 0 Å². The highest BCUT2D eigenvalue weighted by Crippen LogP contribution is 2.20. The lowest BCUT2D eigenvalue weighted by atomic mass is 10.0. The molecule has 1 saturated heterocycles. The van der Waals surface area contributed by atoms with Crippen LogP contribution < -0.4 is 15.4 Å². The van der Waals surface area contributed by atoms with Crippen molar-refractivity contribution in [1.82, 2.24) is 4.90 Å². The lowest BCUT2D eigenvalue weighted by Gasteiger charge is -2.31. The van der Waals surface area contributed by atoms with Crippen LogP contribution in [0.25, 0.3) is 0 Å². The Hall–Kier alpha value is -3.02. The van der Waals surface area contributed by atoms with Gasteiger partial charge < -0.3 is 20.3 Å². The molecule has 0 aliphatic carbocycles. The number of anilines is 2. The number of nitrogens with zero attached hydrogens (tertiary/aromatic N) is 1. The van der Waals surface area contributed by atoms with E-state index in [1.807, 2.05) is 42.2 Å². The number of amides is 2. The van der Waals surface area contributed by atoms with Crippen LogP contribution in [0.2, 0.25) is 0 Å². The first-order chi connectivity index (χ1) is 14.1. The normalized spacial score (nSPS) is 16.2. The standard InChI is InChI=1S/C23H29N3O3/c1-3-29-19-12-10-18(11-13-19)25-23(28)20-8-4-5-9-21(20)24-15-22(27)26-14-6-7-17(2)16-26/h4-5,8-13,17,24H,3,6-7,14-16H2,1-2H3,(H,25,28). The molecule has 0 aromatic heterocycles. The molecule has 0 saturated carbocycles. The number of rotatable bonds is 7. The number of hydrogen-bond donors (Lipinski definition) is 2. The maximum atomic E-state index is 12.8. The van der Waals surface area contributed by atoms with Gasteiger partial charge in [-0.05, 0) is 62.1 Å². The number of piperidine rings is 1. The average Bonchev–Trinajstić information content (AvgIpc) is 2.74. The number of likely N-dealkylation sites (tertiary alicyclic amines) is 1. The molecule has 0 bridgehead atoms. The van der Waals surface area contributed by atoms with Crippen LogP contribution in [0.4, 0.5) is 11.4 Å². The molecule has 6 nitrogen and oxygen atoms in total. The Morgan fingerprint density at radius 3 is 2.62 bits per heavy atom. The first-order valence-corrected chi connectivity index (χ1v) is 10.2. The van der Waals surface area contributed by atoms with Crippen molar-refractivity contribution in [1.29, 1.82) is 0 Å². The lowest BCUT2D eigenvalue weighted by molar-refractivity contribution is -0.130. The number of para-hydroxylation sites is 1. The fraction of sp³-hybridized carbons (Fsp3) is 0.391. The van der Waals surface area contributed by atoms with Gasteiger partial charge in [-0.3, -0.25) is 9.59 Å². The van der Waals surface area contributed by atoms with Crippen molar-refractivity contribution in [2.75, 3.05) is 36.9 Å². The smallest absolute Gasteiger partial charge is 0.257 e. The summed E-state index contributed by atoms with van der Waals surface area (Å²) in [6.07, 6.45) is 2.22. The van der Waals surface area contributed by atoms with Crippen molar-refractivity contribution < 1.29 is 14.3 Å². The molecule has 2 aromatic rings. The summed E-state index contributed by atoms with van der Waals surface area (Å²) in [6, 6.07) is 14.5. The monoisotopic (exact) mass is 395 g/mol. The highest BCUT2D eigenvalue weighted by molar-refractivity contribution is 6.08. The zero-order valence-electron chi connectivity index (χ0n) is 17.1. The highest BCUT2D eigenvalue weighted by Gasteiger charge is 2.21. The van der Waals surface area contributed by atoms with Gasteiger partial charge in [-0.25, -0.2) is 0 Å². The van der Waals surface area contributed by atoms with Gasteiger partial charge in [-0.2, -0.15) is 0 Å². The fourth-order valence-electron chi connectivity index (χ4n) is 3.53. The second-order valence-electron chi connectivity index (χ2n) is 7.40. The Morgan fingerprint density at radius 1 is 1.14 bits per heavy atom. The third-order valence-corrected chi connectivity index (χ3v) is 5.03. The van der Waals surface area contributed by atoms with Crippen molar-refractivity contribution in [3.63, 3.8) is 0 Å². The molecule has 0 spiro atoms. The van der Waals surface area contributed by atoms with E-state index in [0.717, 1.165) is 25.3 Å². The van der Waals surface area contributed by atoms with Crippen molar-refractivity contribution in [3.8, 4) is 5.75 Å². The molecule has 1 atom stereocenters. The predicted molar refractivity (Wildman–Crippen MR) is 115 cm³/mol. The van der Waals surface area contributed by atoms with Crippen molar-refractivity contribution in [3.05, 3.63) is 54.1 Å². The number of ether oxygens (including phenoxy) is 1. The van der Waals surface area contributed by atoms with E-state index in [1.165, 1.54) is 6.42 Å². The third kappa shape index (κ3) is 5.73. The summed E-state index contributed by atoms with van der Waals surface area (Å²) in [5.74, 6) is 1.15. The molecule has 1 aliphatic rings. The minimum atomic E-state index is -0.226. The highest BCUT2D eigenvalue weighted by atomic mass is 16.5. The minimum absolute atomic E-state index is 0.0678. The van der Waals surface area contributed by atoms with E-state index >= 15 is 0 Å². The van der Waals surface area contributed by atoms with Crippen LogP contribution in [0, 0.1) is 5.92 Å². The summed E-state index contributed by atoms with van der Waals surface area (Å²) in [6.45, 7) is 6.49. The molecule has 3 rings (SSSR count). The van der Waals surface area contributed by atoms with Crippen molar-refractivity contribution in [2.24, 2.45) is 5.92 Å². The van der Waals surface area contributed by atoms with Crippen molar-refractivity contribution in [2.45, 2.75) is 26.7 Å². The Kier molecular flexibility index (Phi) is 7.11. The molecular formula is C23H29N3O3. The van der Waals surface area contributed by atoms with E-state index in [2.05, 4.69) is 17.6 Å². The largest absolute Gasteiger partial charge is 0.494 e. The molecule has 154 valence electrons. The first-order valence-electron chi connectivity index (χ1n) is 10.2. The van der Waals surface area contributed by atoms with Gasteiger partial charge in [0.25, 0.3) is 5.91 Å². The molecule has 0 radical (unpaired) electrons. The van der Waals surface area contributed by atoms with E-state index < -0.39 is 0 Å². The summed E-state index contributed by atoms with van der Waals surface area (Å²) in [5.41, 5.74) is 1.84. The van der Waals surface area contributed by atoms with Gasteiger partial charge in [0.15, 0.2) is 0 Å². The zero-order valence-corrected chi connectivity index (χ0v) is 17.1. The Labute approximate surface area is 172 Å². The van der Waals surface area contributed by atoms with Gasteiger partial charge >= 0.3 is 0 Å². The van der Waals surface area contributed by atoms with E-state index in [1.54, 1.807) is 18.2 Å². The quantitative estimate of drug-likeness (QED) is 0.743. The SMILES string of the molecule is CCOc1ccc(NC(=O)c2ccccc2NCC(=O)N2CCCC(C)C2)cc1. The summed E-state index contributed by atoms with van der Waals surface area (Å²) >= 11 is 0. The van der Waals surface area contributed by atoms with Gasteiger partial charge in [-0.15, -0.1) is 0 Å². The number of carbonyl (C=O) groups is 2. The number of nitrogens with one attached hydrogen (secondary N) is 2. The third-order valence-electron chi connectivity index (χ3n) is 5.03. The van der Waals surface area contributed by atoms with Crippen LogP contribution in [-0.2, 0) is 4.79 Å². The molecule has 2 aromatic carbocycles.